The second-order valence-corrected chi connectivity index (χ2v) is 4.38. The van der Waals surface area contributed by atoms with Gasteiger partial charge in [0.15, 0.2) is 5.76 Å². The quantitative estimate of drug-likeness (QED) is 0.877. The maximum atomic E-state index is 11.8. The van der Waals surface area contributed by atoms with Gasteiger partial charge in [-0.15, -0.1) is 0 Å². The Morgan fingerprint density at radius 3 is 2.65 bits per heavy atom. The van der Waals surface area contributed by atoms with Crippen molar-refractivity contribution in [2.24, 2.45) is 0 Å². The molecule has 0 aliphatic heterocycles. The third-order valence-electron chi connectivity index (χ3n) is 2.86. The van der Waals surface area contributed by atoms with Gasteiger partial charge in [0.25, 0.3) is 5.91 Å². The number of aliphatic carboxylic acids is 1. The molecule has 0 saturated carbocycles. The molecule has 0 fully saturated rings. The SMILES string of the molecule is Cc1ccccc1-c1ccc(C(=O)NCCC(=O)O)o1. The molecule has 5 heteroatoms. The fourth-order valence-corrected chi connectivity index (χ4v) is 1.82. The first kappa shape index (κ1) is 13.9. The van der Waals surface area contributed by atoms with Crippen molar-refractivity contribution >= 4 is 11.9 Å². The van der Waals surface area contributed by atoms with Crippen LogP contribution in [0.1, 0.15) is 22.5 Å². The maximum absolute atomic E-state index is 11.8. The topological polar surface area (TPSA) is 79.5 Å². The Morgan fingerprint density at radius 2 is 1.95 bits per heavy atom. The number of benzene rings is 1. The molecule has 1 heterocycles. The lowest BCUT2D eigenvalue weighted by Crippen LogP contribution is -2.25. The molecule has 0 aliphatic carbocycles. The molecule has 0 bridgehead atoms. The molecule has 0 saturated heterocycles. The van der Waals surface area contributed by atoms with E-state index in [1.807, 2.05) is 31.2 Å². The van der Waals surface area contributed by atoms with Crippen molar-refractivity contribution in [3.8, 4) is 11.3 Å². The molecule has 5 nitrogen and oxygen atoms in total. The molecule has 0 radical (unpaired) electrons. The van der Waals surface area contributed by atoms with E-state index in [0.29, 0.717) is 5.76 Å². The van der Waals surface area contributed by atoms with Gasteiger partial charge in [0.2, 0.25) is 0 Å². The van der Waals surface area contributed by atoms with Crippen LogP contribution in [0, 0.1) is 6.92 Å². The van der Waals surface area contributed by atoms with E-state index in [-0.39, 0.29) is 18.7 Å². The van der Waals surface area contributed by atoms with Gasteiger partial charge >= 0.3 is 5.97 Å². The van der Waals surface area contributed by atoms with Crippen molar-refractivity contribution in [2.45, 2.75) is 13.3 Å². The van der Waals surface area contributed by atoms with Crippen LogP contribution in [0.3, 0.4) is 0 Å². The van der Waals surface area contributed by atoms with Crippen LogP contribution in [0.25, 0.3) is 11.3 Å². The summed E-state index contributed by atoms with van der Waals surface area (Å²) in [7, 11) is 0. The number of furan rings is 1. The molecule has 104 valence electrons. The van der Waals surface area contributed by atoms with E-state index < -0.39 is 11.9 Å². The average molecular weight is 273 g/mol. The average Bonchev–Trinajstić information content (AvgIpc) is 2.88. The van der Waals surface area contributed by atoms with Crippen molar-refractivity contribution in [3.63, 3.8) is 0 Å². The van der Waals surface area contributed by atoms with Gasteiger partial charge in [0.05, 0.1) is 6.42 Å². The van der Waals surface area contributed by atoms with Crippen LogP contribution in [0.5, 0.6) is 0 Å². The van der Waals surface area contributed by atoms with Crippen LogP contribution < -0.4 is 5.32 Å². The van der Waals surface area contributed by atoms with E-state index in [2.05, 4.69) is 5.32 Å². The van der Waals surface area contributed by atoms with Crippen molar-refractivity contribution in [1.82, 2.24) is 5.32 Å². The Hall–Kier alpha value is -2.56. The number of amides is 1. The Bertz CT molecular complexity index is 630. The highest BCUT2D eigenvalue weighted by Crippen LogP contribution is 2.25. The van der Waals surface area contributed by atoms with E-state index >= 15 is 0 Å². The zero-order valence-electron chi connectivity index (χ0n) is 11.1. The number of carboxylic acid groups (broad SMARTS) is 1. The minimum Gasteiger partial charge on any atom is -0.481 e. The molecular formula is C15H15NO4. The summed E-state index contributed by atoms with van der Waals surface area (Å²) in [5.41, 5.74) is 1.98. The number of hydrogen-bond donors (Lipinski definition) is 2. The van der Waals surface area contributed by atoms with Crippen LogP contribution in [0.2, 0.25) is 0 Å². The third kappa shape index (κ3) is 3.26. The molecule has 0 spiro atoms. The van der Waals surface area contributed by atoms with E-state index in [0.717, 1.165) is 11.1 Å². The minimum atomic E-state index is -0.953. The molecule has 2 N–H and O–H groups in total. The first-order valence-corrected chi connectivity index (χ1v) is 6.24. The molecule has 2 aromatic rings. The normalized spacial score (nSPS) is 10.2. The highest BCUT2D eigenvalue weighted by molar-refractivity contribution is 5.92. The predicted octanol–water partition coefficient (Wildman–Crippen LogP) is 2.46. The predicted molar refractivity (Wildman–Crippen MR) is 73.5 cm³/mol. The number of rotatable bonds is 5. The number of hydrogen-bond acceptors (Lipinski definition) is 3. The summed E-state index contributed by atoms with van der Waals surface area (Å²) >= 11 is 0. The van der Waals surface area contributed by atoms with Crippen LogP contribution >= 0.6 is 0 Å². The van der Waals surface area contributed by atoms with Crippen molar-refractivity contribution in [1.29, 1.82) is 0 Å². The molecule has 1 aromatic heterocycles. The van der Waals surface area contributed by atoms with Crippen molar-refractivity contribution in [3.05, 3.63) is 47.7 Å². The van der Waals surface area contributed by atoms with Gasteiger partial charge in [0, 0.05) is 12.1 Å². The maximum Gasteiger partial charge on any atom is 0.305 e. The standard InChI is InChI=1S/C15H15NO4/c1-10-4-2-3-5-11(10)12-6-7-13(20-12)15(19)16-9-8-14(17)18/h2-7H,8-9H2,1H3,(H,16,19)(H,17,18). The van der Waals surface area contributed by atoms with Gasteiger partial charge in [-0.1, -0.05) is 24.3 Å². The summed E-state index contributed by atoms with van der Waals surface area (Å²) in [6.07, 6.45) is -0.114. The van der Waals surface area contributed by atoms with Crippen LogP contribution in [-0.2, 0) is 4.79 Å². The Balaban J connectivity index is 2.07. The highest BCUT2D eigenvalue weighted by Gasteiger charge is 2.13. The Morgan fingerprint density at radius 1 is 1.20 bits per heavy atom. The van der Waals surface area contributed by atoms with Gasteiger partial charge in [-0.3, -0.25) is 9.59 Å². The first-order valence-electron chi connectivity index (χ1n) is 6.24. The molecular weight excluding hydrogens is 258 g/mol. The van der Waals surface area contributed by atoms with E-state index in [9.17, 15) is 9.59 Å². The minimum absolute atomic E-state index is 0.0779. The molecule has 2 rings (SSSR count). The second-order valence-electron chi connectivity index (χ2n) is 4.38. The molecule has 0 atom stereocenters. The van der Waals surface area contributed by atoms with E-state index in [1.165, 1.54) is 0 Å². The molecule has 1 aromatic carbocycles. The largest absolute Gasteiger partial charge is 0.481 e. The van der Waals surface area contributed by atoms with Gasteiger partial charge in [-0.2, -0.15) is 0 Å². The highest BCUT2D eigenvalue weighted by atomic mass is 16.4. The number of carbonyl (C=O) groups excluding carboxylic acids is 1. The van der Waals surface area contributed by atoms with Crippen LogP contribution in [0.4, 0.5) is 0 Å². The number of nitrogens with one attached hydrogen (secondary N) is 1. The fraction of sp³-hybridized carbons (Fsp3) is 0.200. The fourth-order valence-electron chi connectivity index (χ4n) is 1.82. The lowest BCUT2D eigenvalue weighted by Gasteiger charge is -2.02. The molecule has 1 amide bonds. The Labute approximate surface area is 116 Å². The van der Waals surface area contributed by atoms with Gasteiger partial charge in [-0.05, 0) is 24.6 Å². The number of carboxylic acids is 1. The summed E-state index contributed by atoms with van der Waals surface area (Å²) in [6, 6.07) is 11.0. The van der Waals surface area contributed by atoms with Crippen LogP contribution in [-0.4, -0.2) is 23.5 Å². The molecule has 0 unspecified atom stereocenters. The second kappa shape index (κ2) is 6.06. The number of carbonyl (C=O) groups is 2. The number of aryl methyl sites for hydroxylation is 1. The van der Waals surface area contributed by atoms with Gasteiger partial charge < -0.3 is 14.8 Å². The lowest BCUT2D eigenvalue weighted by molar-refractivity contribution is -0.136. The summed E-state index contributed by atoms with van der Waals surface area (Å²) in [6.45, 7) is 2.04. The molecule has 0 aliphatic rings. The summed E-state index contributed by atoms with van der Waals surface area (Å²) in [4.78, 5) is 22.1. The van der Waals surface area contributed by atoms with Crippen LogP contribution in [0.15, 0.2) is 40.8 Å². The lowest BCUT2D eigenvalue weighted by atomic mass is 10.1. The Kier molecular flexibility index (Phi) is 4.20. The zero-order valence-corrected chi connectivity index (χ0v) is 11.1. The van der Waals surface area contributed by atoms with E-state index in [1.54, 1.807) is 12.1 Å². The summed E-state index contributed by atoms with van der Waals surface area (Å²) < 4.78 is 5.51. The van der Waals surface area contributed by atoms with E-state index in [4.69, 9.17) is 9.52 Å². The summed E-state index contributed by atoms with van der Waals surface area (Å²) in [5.74, 6) is -0.573. The first-order chi connectivity index (χ1) is 9.58. The zero-order chi connectivity index (χ0) is 14.5. The third-order valence-corrected chi connectivity index (χ3v) is 2.86. The van der Waals surface area contributed by atoms with Crippen molar-refractivity contribution in [2.75, 3.05) is 6.54 Å². The summed E-state index contributed by atoms with van der Waals surface area (Å²) in [5, 5.41) is 11.0. The monoisotopic (exact) mass is 273 g/mol. The van der Waals surface area contributed by atoms with Gasteiger partial charge in [-0.25, -0.2) is 0 Å². The van der Waals surface area contributed by atoms with Gasteiger partial charge in [0.1, 0.15) is 5.76 Å². The van der Waals surface area contributed by atoms with Crippen molar-refractivity contribution < 1.29 is 19.1 Å². The smallest absolute Gasteiger partial charge is 0.305 e. The molecule has 20 heavy (non-hydrogen) atoms.